The number of amides is 2. The lowest BCUT2D eigenvalue weighted by molar-refractivity contribution is -0.126. The standard InChI is InChI=1S/C11H19N3O2.C4H9NO.ClH/c1-13-6-7-14-9(8-13)11(16-10(14)15)2-4-12-5-3-11;1-4(6)5(2)3;/h9,12H,2-8H2,1H3;1-3H3;1H. The van der Waals surface area contributed by atoms with Crippen LogP contribution in [0.3, 0.4) is 0 Å². The van der Waals surface area contributed by atoms with Gasteiger partial charge in [0, 0.05) is 53.5 Å². The molecule has 0 aliphatic carbocycles. The van der Waals surface area contributed by atoms with Crippen molar-refractivity contribution in [3.63, 3.8) is 0 Å². The fraction of sp³-hybridized carbons (Fsp3) is 0.867. The summed E-state index contributed by atoms with van der Waals surface area (Å²) < 4.78 is 5.71. The predicted molar refractivity (Wildman–Crippen MR) is 90.9 cm³/mol. The van der Waals surface area contributed by atoms with Gasteiger partial charge in [-0.05, 0) is 20.1 Å². The van der Waals surface area contributed by atoms with Gasteiger partial charge in [0.25, 0.3) is 0 Å². The van der Waals surface area contributed by atoms with Crippen LogP contribution in [0.4, 0.5) is 4.79 Å². The van der Waals surface area contributed by atoms with E-state index in [1.165, 1.54) is 11.8 Å². The van der Waals surface area contributed by atoms with E-state index in [4.69, 9.17) is 4.74 Å². The number of carbonyl (C=O) groups is 2. The topological polar surface area (TPSA) is 65.1 Å². The van der Waals surface area contributed by atoms with Crippen LogP contribution in [0.25, 0.3) is 0 Å². The second-order valence-corrected chi connectivity index (χ2v) is 6.57. The molecule has 1 unspecified atom stereocenters. The Hall–Kier alpha value is -1.05. The molecule has 134 valence electrons. The fourth-order valence-electron chi connectivity index (χ4n) is 3.17. The number of piperazine rings is 1. The van der Waals surface area contributed by atoms with Gasteiger partial charge in [-0.2, -0.15) is 0 Å². The number of nitrogens with one attached hydrogen (secondary N) is 1. The van der Waals surface area contributed by atoms with Crippen LogP contribution in [-0.4, -0.2) is 92.2 Å². The van der Waals surface area contributed by atoms with Gasteiger partial charge in [0.2, 0.25) is 5.91 Å². The number of nitrogens with zero attached hydrogens (tertiary/aromatic N) is 3. The van der Waals surface area contributed by atoms with Crippen LogP contribution in [0.5, 0.6) is 0 Å². The SMILES string of the molecule is CC(=O)N(C)C.CN1CCN2C(=O)OC3(CCNCC3)C2C1.Cl. The summed E-state index contributed by atoms with van der Waals surface area (Å²) in [5, 5.41) is 3.33. The summed E-state index contributed by atoms with van der Waals surface area (Å²) in [6, 6.07) is 0.265. The summed E-state index contributed by atoms with van der Waals surface area (Å²) >= 11 is 0. The largest absolute Gasteiger partial charge is 0.440 e. The highest BCUT2D eigenvalue weighted by Gasteiger charge is 2.55. The van der Waals surface area contributed by atoms with Crippen LogP contribution in [0.2, 0.25) is 0 Å². The van der Waals surface area contributed by atoms with Crippen LogP contribution in [0, 0.1) is 0 Å². The lowest BCUT2D eigenvalue weighted by atomic mass is 9.84. The van der Waals surface area contributed by atoms with Crippen molar-refractivity contribution in [1.29, 1.82) is 0 Å². The molecule has 0 aromatic carbocycles. The molecule has 23 heavy (non-hydrogen) atoms. The summed E-state index contributed by atoms with van der Waals surface area (Å²) in [5.74, 6) is 0.0926. The Labute approximate surface area is 144 Å². The van der Waals surface area contributed by atoms with E-state index in [0.717, 1.165) is 45.6 Å². The fourth-order valence-corrected chi connectivity index (χ4v) is 3.17. The number of carbonyl (C=O) groups excluding carboxylic acids is 2. The van der Waals surface area contributed by atoms with Crippen molar-refractivity contribution in [2.75, 3.05) is 53.9 Å². The van der Waals surface area contributed by atoms with E-state index in [0.29, 0.717) is 0 Å². The maximum Gasteiger partial charge on any atom is 0.410 e. The first-order valence-electron chi connectivity index (χ1n) is 7.92. The number of hydrogen-bond acceptors (Lipinski definition) is 5. The number of fused-ring (bicyclic) bond motifs is 2. The number of ether oxygens (including phenoxy) is 1. The Morgan fingerprint density at radius 2 is 1.87 bits per heavy atom. The van der Waals surface area contributed by atoms with Crippen LogP contribution >= 0.6 is 12.4 Å². The minimum absolute atomic E-state index is 0. The van der Waals surface area contributed by atoms with E-state index in [1.807, 2.05) is 4.90 Å². The molecule has 0 radical (unpaired) electrons. The molecule has 0 bridgehead atoms. The number of likely N-dealkylation sites (N-methyl/N-ethyl adjacent to an activating group) is 1. The highest BCUT2D eigenvalue weighted by atomic mass is 35.5. The Kier molecular flexibility index (Phi) is 7.10. The average molecular weight is 349 g/mol. The first-order chi connectivity index (χ1) is 10.4. The van der Waals surface area contributed by atoms with Gasteiger partial charge in [-0.15, -0.1) is 12.4 Å². The second-order valence-electron chi connectivity index (χ2n) is 6.57. The van der Waals surface area contributed by atoms with Crippen molar-refractivity contribution < 1.29 is 14.3 Å². The lowest BCUT2D eigenvalue weighted by Gasteiger charge is -2.42. The zero-order valence-electron chi connectivity index (χ0n) is 14.5. The van der Waals surface area contributed by atoms with Crippen LogP contribution in [0.15, 0.2) is 0 Å². The molecular weight excluding hydrogens is 320 g/mol. The highest BCUT2D eigenvalue weighted by Crippen LogP contribution is 2.38. The predicted octanol–water partition coefficient (Wildman–Crippen LogP) is 0.391. The van der Waals surface area contributed by atoms with E-state index >= 15 is 0 Å². The van der Waals surface area contributed by atoms with Gasteiger partial charge in [0.05, 0.1) is 6.04 Å². The van der Waals surface area contributed by atoms with Crippen molar-refractivity contribution in [2.45, 2.75) is 31.4 Å². The molecule has 3 rings (SSSR count). The van der Waals surface area contributed by atoms with Crippen LogP contribution in [0.1, 0.15) is 19.8 Å². The van der Waals surface area contributed by atoms with E-state index in [-0.39, 0.29) is 36.1 Å². The third-order valence-electron chi connectivity index (χ3n) is 4.80. The zero-order valence-corrected chi connectivity index (χ0v) is 15.3. The molecular formula is C15H29ClN4O3. The summed E-state index contributed by atoms with van der Waals surface area (Å²) in [6.45, 7) is 6.17. The Morgan fingerprint density at radius 3 is 2.39 bits per heavy atom. The summed E-state index contributed by atoms with van der Waals surface area (Å²) in [7, 11) is 5.57. The molecule has 1 N–H and O–H groups in total. The average Bonchev–Trinajstić information content (AvgIpc) is 2.72. The van der Waals surface area contributed by atoms with Crippen molar-refractivity contribution in [2.24, 2.45) is 0 Å². The molecule has 1 atom stereocenters. The highest BCUT2D eigenvalue weighted by molar-refractivity contribution is 5.85. The molecule has 3 heterocycles. The van der Waals surface area contributed by atoms with E-state index < -0.39 is 0 Å². The summed E-state index contributed by atoms with van der Waals surface area (Å²) in [6.07, 6.45) is 1.81. The number of rotatable bonds is 0. The van der Waals surface area contributed by atoms with Gasteiger partial charge in [-0.3, -0.25) is 9.69 Å². The molecule has 3 aliphatic rings. The molecule has 0 aromatic rings. The quantitative estimate of drug-likeness (QED) is 0.686. The monoisotopic (exact) mass is 348 g/mol. The second kappa shape index (κ2) is 8.17. The van der Waals surface area contributed by atoms with Gasteiger partial charge in [-0.1, -0.05) is 0 Å². The van der Waals surface area contributed by atoms with E-state index in [9.17, 15) is 9.59 Å². The first kappa shape index (κ1) is 20.0. The Morgan fingerprint density at radius 1 is 1.30 bits per heavy atom. The lowest BCUT2D eigenvalue weighted by Crippen LogP contribution is -2.59. The van der Waals surface area contributed by atoms with Crippen molar-refractivity contribution >= 4 is 24.4 Å². The number of halogens is 1. The van der Waals surface area contributed by atoms with Crippen molar-refractivity contribution in [3.05, 3.63) is 0 Å². The minimum Gasteiger partial charge on any atom is -0.440 e. The molecule has 3 fully saturated rings. The normalized spacial score (nSPS) is 25.7. The third-order valence-corrected chi connectivity index (χ3v) is 4.80. The Balaban J connectivity index is 0.000000330. The number of hydrogen-bond donors (Lipinski definition) is 1. The van der Waals surface area contributed by atoms with Crippen LogP contribution < -0.4 is 5.32 Å². The summed E-state index contributed by atoms with van der Waals surface area (Å²) in [5.41, 5.74) is -0.211. The number of piperidine rings is 1. The minimum atomic E-state index is -0.211. The van der Waals surface area contributed by atoms with Gasteiger partial charge in [0.15, 0.2) is 0 Å². The van der Waals surface area contributed by atoms with Crippen LogP contribution in [-0.2, 0) is 9.53 Å². The molecule has 0 saturated carbocycles. The maximum absolute atomic E-state index is 11.9. The first-order valence-corrected chi connectivity index (χ1v) is 7.92. The van der Waals surface area contributed by atoms with Gasteiger partial charge >= 0.3 is 6.09 Å². The molecule has 7 nitrogen and oxygen atoms in total. The van der Waals surface area contributed by atoms with Gasteiger partial charge in [0.1, 0.15) is 5.60 Å². The van der Waals surface area contributed by atoms with E-state index in [1.54, 1.807) is 14.1 Å². The molecule has 3 saturated heterocycles. The van der Waals surface area contributed by atoms with Crippen molar-refractivity contribution in [3.8, 4) is 0 Å². The van der Waals surface area contributed by atoms with Crippen molar-refractivity contribution in [1.82, 2.24) is 20.0 Å². The molecule has 8 heteroatoms. The Bertz CT molecular complexity index is 427. The van der Waals surface area contributed by atoms with Gasteiger partial charge in [-0.25, -0.2) is 4.79 Å². The summed E-state index contributed by atoms with van der Waals surface area (Å²) in [4.78, 5) is 27.7. The van der Waals surface area contributed by atoms with E-state index in [2.05, 4.69) is 17.3 Å². The molecule has 2 amide bonds. The molecule has 0 aromatic heterocycles. The third kappa shape index (κ3) is 4.49. The molecule has 1 spiro atoms. The van der Waals surface area contributed by atoms with Gasteiger partial charge < -0.3 is 19.9 Å². The maximum atomic E-state index is 11.9. The molecule has 3 aliphatic heterocycles. The zero-order chi connectivity index (χ0) is 16.3. The smallest absolute Gasteiger partial charge is 0.410 e.